The molecule has 0 radical (unpaired) electrons. The van der Waals surface area contributed by atoms with Crippen molar-refractivity contribution in [2.75, 3.05) is 12.3 Å². The van der Waals surface area contributed by atoms with E-state index in [2.05, 4.69) is 20.8 Å². The molecular weight excluding hydrogens is 224 g/mol. The molecule has 1 aromatic rings. The fourth-order valence-electron chi connectivity index (χ4n) is 2.39. The first-order valence-corrected chi connectivity index (χ1v) is 6.49. The van der Waals surface area contributed by atoms with Crippen LogP contribution < -0.4 is 5.73 Å². The van der Waals surface area contributed by atoms with Crippen molar-refractivity contribution in [3.63, 3.8) is 0 Å². The Morgan fingerprint density at radius 3 is 2.56 bits per heavy atom. The summed E-state index contributed by atoms with van der Waals surface area (Å²) >= 11 is 0. The Morgan fingerprint density at radius 1 is 1.33 bits per heavy atom. The molecule has 18 heavy (non-hydrogen) atoms. The van der Waals surface area contributed by atoms with Crippen molar-refractivity contribution in [1.82, 2.24) is 4.90 Å². The molecule has 1 amide bonds. The summed E-state index contributed by atoms with van der Waals surface area (Å²) in [6.07, 6.45) is 0.663. The highest BCUT2D eigenvalue weighted by atomic mass is 16.2. The highest BCUT2D eigenvalue weighted by molar-refractivity contribution is 5.79. The lowest BCUT2D eigenvalue weighted by molar-refractivity contribution is -0.128. The molecule has 3 nitrogen and oxygen atoms in total. The number of rotatable bonds is 2. The van der Waals surface area contributed by atoms with E-state index in [1.54, 1.807) is 0 Å². The molecule has 1 atom stereocenters. The number of para-hydroxylation sites is 1. The quantitative estimate of drug-likeness (QED) is 0.815. The number of hydrogen-bond acceptors (Lipinski definition) is 2. The summed E-state index contributed by atoms with van der Waals surface area (Å²) in [7, 11) is 0. The van der Waals surface area contributed by atoms with E-state index in [0.29, 0.717) is 18.9 Å². The van der Waals surface area contributed by atoms with E-state index in [-0.39, 0.29) is 11.3 Å². The van der Waals surface area contributed by atoms with E-state index >= 15 is 0 Å². The number of benzene rings is 1. The maximum absolute atomic E-state index is 12.0. The van der Waals surface area contributed by atoms with Gasteiger partial charge in [-0.25, -0.2) is 0 Å². The molecule has 0 bridgehead atoms. The van der Waals surface area contributed by atoms with Crippen LogP contribution in [0.4, 0.5) is 5.69 Å². The van der Waals surface area contributed by atoms with E-state index in [9.17, 15) is 4.79 Å². The van der Waals surface area contributed by atoms with Gasteiger partial charge >= 0.3 is 0 Å². The van der Waals surface area contributed by atoms with E-state index in [1.807, 2.05) is 29.2 Å². The minimum absolute atomic E-state index is 0.187. The van der Waals surface area contributed by atoms with Gasteiger partial charge in [-0.1, -0.05) is 39.0 Å². The smallest absolute Gasteiger partial charge is 0.223 e. The predicted molar refractivity (Wildman–Crippen MR) is 73.8 cm³/mol. The predicted octanol–water partition coefficient (Wildman–Crippen LogP) is 2.66. The second kappa shape index (κ2) is 4.63. The van der Waals surface area contributed by atoms with Gasteiger partial charge in [0.25, 0.3) is 0 Å². The fourth-order valence-corrected chi connectivity index (χ4v) is 2.39. The standard InChI is InChI=1S/C15H22N2O/c1-15(2,3)12-8-14(18)17(10-12)9-11-6-4-5-7-13(11)16/h4-7,12H,8-10,16H2,1-3H3. The monoisotopic (exact) mass is 246 g/mol. The SMILES string of the molecule is CC(C)(C)C1CC(=O)N(Cc2ccccc2N)C1. The number of carbonyl (C=O) groups excluding carboxylic acids is 1. The van der Waals surface area contributed by atoms with Gasteiger partial charge in [0.05, 0.1) is 0 Å². The largest absolute Gasteiger partial charge is 0.398 e. The van der Waals surface area contributed by atoms with Gasteiger partial charge in [0.15, 0.2) is 0 Å². The molecule has 1 heterocycles. The Hall–Kier alpha value is -1.51. The second-order valence-corrected chi connectivity index (χ2v) is 6.24. The van der Waals surface area contributed by atoms with Gasteiger partial charge < -0.3 is 10.6 Å². The summed E-state index contributed by atoms with van der Waals surface area (Å²) in [5.74, 6) is 0.688. The first kappa shape index (κ1) is 12.9. The summed E-state index contributed by atoms with van der Waals surface area (Å²) in [5, 5.41) is 0. The molecule has 3 heteroatoms. The molecule has 1 fully saturated rings. The summed E-state index contributed by atoms with van der Waals surface area (Å²) < 4.78 is 0. The third kappa shape index (κ3) is 2.66. The van der Waals surface area contributed by atoms with Crippen LogP contribution in [0.1, 0.15) is 32.8 Å². The Kier molecular flexibility index (Phi) is 3.33. The van der Waals surface area contributed by atoms with Crippen LogP contribution in [0.15, 0.2) is 24.3 Å². The first-order chi connectivity index (χ1) is 8.38. The van der Waals surface area contributed by atoms with Crippen molar-refractivity contribution in [3.8, 4) is 0 Å². The van der Waals surface area contributed by atoms with Crippen LogP contribution >= 0.6 is 0 Å². The molecule has 1 aliphatic rings. The summed E-state index contributed by atoms with van der Waals surface area (Å²) in [6, 6.07) is 7.76. The molecule has 0 spiro atoms. The molecule has 0 aromatic heterocycles. The van der Waals surface area contributed by atoms with Crippen molar-refractivity contribution in [1.29, 1.82) is 0 Å². The summed E-state index contributed by atoms with van der Waals surface area (Å²) in [4.78, 5) is 14.0. The van der Waals surface area contributed by atoms with Crippen molar-refractivity contribution in [2.45, 2.75) is 33.7 Å². The molecular formula is C15H22N2O. The van der Waals surface area contributed by atoms with Gasteiger partial charge in [-0.05, 0) is 23.0 Å². The van der Waals surface area contributed by atoms with Gasteiger partial charge in [0.1, 0.15) is 0 Å². The molecule has 1 aliphatic heterocycles. The van der Waals surface area contributed by atoms with Crippen LogP contribution in [0.3, 0.4) is 0 Å². The highest BCUT2D eigenvalue weighted by Gasteiger charge is 2.36. The average molecular weight is 246 g/mol. The Morgan fingerprint density at radius 2 is 2.00 bits per heavy atom. The maximum Gasteiger partial charge on any atom is 0.223 e. The van der Waals surface area contributed by atoms with Crippen LogP contribution in [0.2, 0.25) is 0 Å². The Balaban J connectivity index is 2.08. The van der Waals surface area contributed by atoms with Crippen LogP contribution in [-0.2, 0) is 11.3 Å². The number of amides is 1. The van der Waals surface area contributed by atoms with Crippen LogP contribution in [0.5, 0.6) is 0 Å². The zero-order valence-corrected chi connectivity index (χ0v) is 11.4. The Bertz CT molecular complexity index is 448. The average Bonchev–Trinajstić information content (AvgIpc) is 2.63. The maximum atomic E-state index is 12.0. The zero-order valence-electron chi connectivity index (χ0n) is 11.4. The van der Waals surface area contributed by atoms with E-state index in [4.69, 9.17) is 5.73 Å². The van der Waals surface area contributed by atoms with Crippen molar-refractivity contribution < 1.29 is 4.79 Å². The third-order valence-corrected chi connectivity index (χ3v) is 3.86. The molecule has 0 aliphatic carbocycles. The van der Waals surface area contributed by atoms with E-state index < -0.39 is 0 Å². The fraction of sp³-hybridized carbons (Fsp3) is 0.533. The number of nitrogens with zero attached hydrogens (tertiary/aromatic N) is 1. The third-order valence-electron chi connectivity index (χ3n) is 3.86. The van der Waals surface area contributed by atoms with Crippen LogP contribution in [0.25, 0.3) is 0 Å². The molecule has 1 saturated heterocycles. The lowest BCUT2D eigenvalue weighted by atomic mass is 9.80. The number of nitrogen functional groups attached to an aromatic ring is 1. The number of anilines is 1. The molecule has 2 rings (SSSR count). The molecule has 98 valence electrons. The van der Waals surface area contributed by atoms with Crippen molar-refractivity contribution in [3.05, 3.63) is 29.8 Å². The normalized spacial score (nSPS) is 20.5. The number of likely N-dealkylation sites (tertiary alicyclic amines) is 1. The zero-order chi connectivity index (χ0) is 13.3. The number of hydrogen-bond donors (Lipinski definition) is 1. The summed E-state index contributed by atoms with van der Waals surface area (Å²) in [6.45, 7) is 8.08. The van der Waals surface area contributed by atoms with Gasteiger partial charge in [0, 0.05) is 25.2 Å². The molecule has 1 aromatic carbocycles. The van der Waals surface area contributed by atoms with E-state index in [0.717, 1.165) is 17.8 Å². The van der Waals surface area contributed by atoms with Crippen molar-refractivity contribution in [2.24, 2.45) is 11.3 Å². The van der Waals surface area contributed by atoms with E-state index in [1.165, 1.54) is 0 Å². The number of carbonyl (C=O) groups is 1. The van der Waals surface area contributed by atoms with Crippen molar-refractivity contribution >= 4 is 11.6 Å². The topological polar surface area (TPSA) is 46.3 Å². The molecule has 0 saturated carbocycles. The van der Waals surface area contributed by atoms with Gasteiger partial charge in [-0.15, -0.1) is 0 Å². The highest BCUT2D eigenvalue weighted by Crippen LogP contribution is 2.35. The lowest BCUT2D eigenvalue weighted by Gasteiger charge is -2.26. The number of nitrogens with two attached hydrogens (primary N) is 1. The van der Waals surface area contributed by atoms with Gasteiger partial charge in [-0.2, -0.15) is 0 Å². The first-order valence-electron chi connectivity index (χ1n) is 6.49. The lowest BCUT2D eigenvalue weighted by Crippen LogP contribution is -2.27. The molecule has 1 unspecified atom stereocenters. The Labute approximate surface area is 109 Å². The summed E-state index contributed by atoms with van der Waals surface area (Å²) in [5.41, 5.74) is 7.92. The minimum atomic E-state index is 0.187. The molecule has 2 N–H and O–H groups in total. The van der Waals surface area contributed by atoms with Crippen LogP contribution in [0, 0.1) is 11.3 Å². The van der Waals surface area contributed by atoms with Crippen LogP contribution in [-0.4, -0.2) is 17.4 Å². The van der Waals surface area contributed by atoms with Gasteiger partial charge in [-0.3, -0.25) is 4.79 Å². The second-order valence-electron chi connectivity index (χ2n) is 6.24. The minimum Gasteiger partial charge on any atom is -0.398 e. The van der Waals surface area contributed by atoms with Gasteiger partial charge in [0.2, 0.25) is 5.91 Å².